The minimum Gasteiger partial charge on any atom is -0.426 e. The minimum atomic E-state index is -0.152. The van der Waals surface area contributed by atoms with Crippen molar-refractivity contribution in [2.75, 3.05) is 0 Å². The van der Waals surface area contributed by atoms with E-state index in [1.54, 1.807) is 0 Å². The fraction of sp³-hybridized carbons (Fsp3) is 0.500. The number of carbonyl (C=O) groups is 1. The smallest absolute Gasteiger partial charge is 0.314 e. The second kappa shape index (κ2) is 6.38. The van der Waals surface area contributed by atoms with Gasteiger partial charge in [0.25, 0.3) is 0 Å². The standard InChI is InChI=1S/C16H19NO2/c1-2-12-5-9-15(10-6-12)19-16(18)14-7-3-13(11-17)4-8-14/h5-6,9-10,13-14H,2-4,7-8H2,1H3/t13-,14-. The molecule has 1 saturated carbocycles. The first-order valence-corrected chi connectivity index (χ1v) is 6.93. The number of aryl methyl sites for hydroxylation is 1. The van der Waals surface area contributed by atoms with Crippen LogP contribution in [0.1, 0.15) is 38.2 Å². The fourth-order valence-corrected chi connectivity index (χ4v) is 2.45. The number of nitriles is 1. The van der Waals surface area contributed by atoms with E-state index in [0.717, 1.165) is 32.1 Å². The van der Waals surface area contributed by atoms with Crippen LogP contribution in [-0.2, 0) is 11.2 Å². The van der Waals surface area contributed by atoms with E-state index >= 15 is 0 Å². The van der Waals surface area contributed by atoms with Crippen molar-refractivity contribution in [1.82, 2.24) is 0 Å². The first-order chi connectivity index (χ1) is 9.22. The Bertz CT molecular complexity index is 465. The summed E-state index contributed by atoms with van der Waals surface area (Å²) in [5.41, 5.74) is 1.23. The van der Waals surface area contributed by atoms with Gasteiger partial charge in [0, 0.05) is 5.92 Å². The Hall–Kier alpha value is -1.82. The highest BCUT2D eigenvalue weighted by Crippen LogP contribution is 2.29. The zero-order chi connectivity index (χ0) is 13.7. The third-order valence-corrected chi connectivity index (χ3v) is 3.79. The number of benzene rings is 1. The lowest BCUT2D eigenvalue weighted by Crippen LogP contribution is -2.25. The Morgan fingerprint density at radius 3 is 2.42 bits per heavy atom. The van der Waals surface area contributed by atoms with Crippen LogP contribution in [0.25, 0.3) is 0 Å². The molecule has 1 fully saturated rings. The monoisotopic (exact) mass is 257 g/mol. The van der Waals surface area contributed by atoms with Gasteiger partial charge in [-0.3, -0.25) is 4.79 Å². The van der Waals surface area contributed by atoms with Crippen molar-refractivity contribution in [3.8, 4) is 11.8 Å². The van der Waals surface area contributed by atoms with Crippen LogP contribution in [0, 0.1) is 23.2 Å². The molecule has 0 bridgehead atoms. The Morgan fingerprint density at radius 2 is 1.89 bits per heavy atom. The van der Waals surface area contributed by atoms with Crippen molar-refractivity contribution in [3.05, 3.63) is 29.8 Å². The number of carbonyl (C=O) groups excluding carboxylic acids is 1. The zero-order valence-corrected chi connectivity index (χ0v) is 11.3. The third kappa shape index (κ3) is 3.57. The van der Waals surface area contributed by atoms with Gasteiger partial charge < -0.3 is 4.74 Å². The average Bonchev–Trinajstić information content (AvgIpc) is 2.48. The summed E-state index contributed by atoms with van der Waals surface area (Å²) in [5, 5.41) is 8.83. The lowest BCUT2D eigenvalue weighted by atomic mass is 9.83. The summed E-state index contributed by atoms with van der Waals surface area (Å²) in [6.07, 6.45) is 4.14. The van der Waals surface area contributed by atoms with E-state index in [-0.39, 0.29) is 17.8 Å². The third-order valence-electron chi connectivity index (χ3n) is 3.79. The molecule has 2 rings (SSSR count). The van der Waals surface area contributed by atoms with Gasteiger partial charge in [-0.05, 0) is 49.8 Å². The van der Waals surface area contributed by atoms with Crippen LogP contribution in [0.5, 0.6) is 5.75 Å². The molecule has 1 aromatic rings. The van der Waals surface area contributed by atoms with Gasteiger partial charge in [-0.15, -0.1) is 0 Å². The first kappa shape index (κ1) is 13.6. The number of esters is 1. The van der Waals surface area contributed by atoms with Crippen molar-refractivity contribution in [2.45, 2.75) is 39.0 Å². The van der Waals surface area contributed by atoms with Gasteiger partial charge in [-0.1, -0.05) is 19.1 Å². The maximum Gasteiger partial charge on any atom is 0.314 e. The highest BCUT2D eigenvalue weighted by Gasteiger charge is 2.27. The Kier molecular flexibility index (Phi) is 4.57. The molecule has 0 amide bonds. The molecule has 19 heavy (non-hydrogen) atoms. The van der Waals surface area contributed by atoms with Crippen LogP contribution in [0.15, 0.2) is 24.3 Å². The Labute approximate surface area is 114 Å². The van der Waals surface area contributed by atoms with Gasteiger partial charge >= 0.3 is 5.97 Å². The van der Waals surface area contributed by atoms with Crippen molar-refractivity contribution in [3.63, 3.8) is 0 Å². The lowest BCUT2D eigenvalue weighted by Gasteiger charge is -2.23. The van der Waals surface area contributed by atoms with E-state index in [1.807, 2.05) is 24.3 Å². The summed E-state index contributed by atoms with van der Waals surface area (Å²) in [7, 11) is 0. The summed E-state index contributed by atoms with van der Waals surface area (Å²) < 4.78 is 5.40. The largest absolute Gasteiger partial charge is 0.426 e. The van der Waals surface area contributed by atoms with E-state index in [2.05, 4.69) is 13.0 Å². The molecule has 0 aromatic heterocycles. The lowest BCUT2D eigenvalue weighted by molar-refractivity contribution is -0.140. The van der Waals surface area contributed by atoms with Crippen LogP contribution in [0.3, 0.4) is 0 Å². The molecule has 0 atom stereocenters. The van der Waals surface area contributed by atoms with Crippen LogP contribution >= 0.6 is 0 Å². The summed E-state index contributed by atoms with van der Waals surface area (Å²) in [5.74, 6) is 0.536. The molecule has 0 N–H and O–H groups in total. The SMILES string of the molecule is CCc1ccc(OC(=O)[C@H]2CC[C@H](C#N)CC2)cc1. The molecular formula is C16H19NO2. The van der Waals surface area contributed by atoms with E-state index in [1.165, 1.54) is 5.56 Å². The van der Waals surface area contributed by atoms with Gasteiger partial charge in [0.05, 0.1) is 12.0 Å². The second-order valence-electron chi connectivity index (χ2n) is 5.10. The average molecular weight is 257 g/mol. The minimum absolute atomic E-state index is 0.0459. The van der Waals surface area contributed by atoms with Crippen molar-refractivity contribution in [2.24, 2.45) is 11.8 Å². The number of hydrogen-bond donors (Lipinski definition) is 0. The van der Waals surface area contributed by atoms with Gasteiger partial charge in [0.15, 0.2) is 0 Å². The molecule has 0 unspecified atom stereocenters. The molecule has 1 aliphatic carbocycles. The second-order valence-corrected chi connectivity index (χ2v) is 5.10. The topological polar surface area (TPSA) is 50.1 Å². The molecule has 1 aromatic carbocycles. The predicted octanol–water partition coefficient (Wildman–Crippen LogP) is 3.48. The number of rotatable bonds is 3. The van der Waals surface area contributed by atoms with Crippen LogP contribution < -0.4 is 4.74 Å². The number of hydrogen-bond acceptors (Lipinski definition) is 3. The predicted molar refractivity (Wildman–Crippen MR) is 72.5 cm³/mol. The molecule has 100 valence electrons. The van der Waals surface area contributed by atoms with E-state index in [4.69, 9.17) is 10.00 Å². The Balaban J connectivity index is 1.89. The fourth-order valence-electron chi connectivity index (χ4n) is 2.45. The summed E-state index contributed by atoms with van der Waals surface area (Å²) in [4.78, 5) is 12.0. The van der Waals surface area contributed by atoms with Crippen LogP contribution in [0.2, 0.25) is 0 Å². The normalized spacial score (nSPS) is 22.5. The molecular weight excluding hydrogens is 238 g/mol. The van der Waals surface area contributed by atoms with Gasteiger partial charge in [0.1, 0.15) is 5.75 Å². The number of ether oxygens (including phenoxy) is 1. The van der Waals surface area contributed by atoms with Crippen molar-refractivity contribution >= 4 is 5.97 Å². The molecule has 0 aliphatic heterocycles. The summed E-state index contributed by atoms with van der Waals surface area (Å²) in [6.45, 7) is 2.09. The quantitative estimate of drug-likeness (QED) is 0.615. The van der Waals surface area contributed by atoms with E-state index in [0.29, 0.717) is 5.75 Å². The van der Waals surface area contributed by atoms with Gasteiger partial charge in [0.2, 0.25) is 0 Å². The maximum absolute atomic E-state index is 12.0. The van der Waals surface area contributed by atoms with E-state index < -0.39 is 0 Å². The highest BCUT2D eigenvalue weighted by atomic mass is 16.5. The summed E-state index contributed by atoms with van der Waals surface area (Å²) in [6, 6.07) is 9.93. The van der Waals surface area contributed by atoms with Crippen LogP contribution in [-0.4, -0.2) is 5.97 Å². The van der Waals surface area contributed by atoms with Gasteiger partial charge in [-0.25, -0.2) is 0 Å². The number of nitrogens with zero attached hydrogens (tertiary/aromatic N) is 1. The van der Waals surface area contributed by atoms with Crippen molar-refractivity contribution < 1.29 is 9.53 Å². The molecule has 0 heterocycles. The highest BCUT2D eigenvalue weighted by molar-refractivity contribution is 5.75. The summed E-state index contributed by atoms with van der Waals surface area (Å²) >= 11 is 0. The van der Waals surface area contributed by atoms with Crippen LogP contribution in [0.4, 0.5) is 0 Å². The Morgan fingerprint density at radius 1 is 1.26 bits per heavy atom. The molecule has 3 nitrogen and oxygen atoms in total. The maximum atomic E-state index is 12.0. The molecule has 0 radical (unpaired) electrons. The molecule has 1 aliphatic rings. The zero-order valence-electron chi connectivity index (χ0n) is 11.3. The van der Waals surface area contributed by atoms with Gasteiger partial charge in [-0.2, -0.15) is 5.26 Å². The first-order valence-electron chi connectivity index (χ1n) is 6.93. The van der Waals surface area contributed by atoms with Crippen molar-refractivity contribution in [1.29, 1.82) is 5.26 Å². The van der Waals surface area contributed by atoms with E-state index in [9.17, 15) is 4.79 Å². The molecule has 0 spiro atoms. The molecule has 0 saturated heterocycles. The molecule has 3 heteroatoms.